The minimum Gasteiger partial charge on any atom is -0.481 e. The van der Waals surface area contributed by atoms with Gasteiger partial charge in [-0.2, -0.15) is 26.7 Å². The summed E-state index contributed by atoms with van der Waals surface area (Å²) < 4.78 is 90.5. The Morgan fingerprint density at radius 1 is 0.976 bits per heavy atom. The highest BCUT2D eigenvalue weighted by Gasteiger charge is 2.35. The molecule has 0 aliphatic carbocycles. The standard InChI is InChI=1S/C17H14F3N3O2S.C4H7NO3.C2H7NO3S/c1-11-2-4-12(5-3-11)15-10-16(17(18,19)20)22-23(15)13-6-8-14(9-7-13)26(21,24)25;5-3(6)1-2-4(7)8;3-1-2-7(4,5)6/h2-10H,1H3,(H2,21,24,25);1-2H2,(H2,5,6)(H,7,8);1-3H2,(H,4,5,6). The van der Waals surface area contributed by atoms with Gasteiger partial charge in [-0.1, -0.05) is 29.8 Å². The van der Waals surface area contributed by atoms with Gasteiger partial charge in [0.25, 0.3) is 10.1 Å². The van der Waals surface area contributed by atoms with Crippen LogP contribution in [-0.4, -0.2) is 60.4 Å². The van der Waals surface area contributed by atoms with Crippen LogP contribution in [-0.2, 0) is 35.9 Å². The van der Waals surface area contributed by atoms with Crippen molar-refractivity contribution in [3.8, 4) is 16.9 Å². The zero-order chi connectivity index (χ0) is 31.6. The first-order chi connectivity index (χ1) is 18.7. The number of rotatable bonds is 8. The Kier molecular flexibility index (Phi) is 12.6. The average molecular weight is 624 g/mol. The number of halogens is 3. The van der Waals surface area contributed by atoms with Crippen LogP contribution in [0.2, 0.25) is 0 Å². The van der Waals surface area contributed by atoms with Crippen molar-refractivity contribution in [3.05, 3.63) is 65.9 Å². The Bertz CT molecular complexity index is 1530. The number of primary amides is 1. The largest absolute Gasteiger partial charge is 0.481 e. The number of sulfonamides is 1. The van der Waals surface area contributed by atoms with Crippen LogP contribution in [0.4, 0.5) is 13.2 Å². The monoisotopic (exact) mass is 623 g/mol. The minimum atomic E-state index is -4.61. The molecular weight excluding hydrogens is 595 g/mol. The SMILES string of the molecule is Cc1ccc(-c2cc(C(F)(F)F)nn2-c2ccc(S(N)(=O)=O)cc2)cc1.NC(=O)CCC(=O)O.NCCS(=O)(=O)O. The van der Waals surface area contributed by atoms with Gasteiger partial charge in [0.05, 0.1) is 28.5 Å². The van der Waals surface area contributed by atoms with E-state index in [1.165, 1.54) is 24.3 Å². The molecule has 0 aliphatic heterocycles. The van der Waals surface area contributed by atoms with Crippen molar-refractivity contribution in [2.45, 2.75) is 30.8 Å². The van der Waals surface area contributed by atoms with E-state index in [4.69, 9.17) is 20.5 Å². The number of amides is 1. The lowest BCUT2D eigenvalue weighted by Crippen LogP contribution is -2.13. The van der Waals surface area contributed by atoms with E-state index in [9.17, 15) is 39.6 Å². The first-order valence-corrected chi connectivity index (χ1v) is 14.4. The molecular formula is C23H28F3N5O8S2. The molecule has 0 fully saturated rings. The molecule has 0 aliphatic rings. The number of carboxylic acid groups (broad SMARTS) is 1. The van der Waals surface area contributed by atoms with E-state index < -0.39 is 43.9 Å². The number of carboxylic acids is 1. The summed E-state index contributed by atoms with van der Waals surface area (Å²) in [6, 6.07) is 13.1. The van der Waals surface area contributed by atoms with Crippen molar-refractivity contribution in [1.29, 1.82) is 0 Å². The summed E-state index contributed by atoms with van der Waals surface area (Å²) in [6.07, 6.45) is -4.85. The molecule has 3 aromatic rings. The fraction of sp³-hybridized carbons (Fsp3) is 0.261. The van der Waals surface area contributed by atoms with Gasteiger partial charge in [-0.15, -0.1) is 0 Å². The van der Waals surface area contributed by atoms with E-state index in [0.717, 1.165) is 16.3 Å². The predicted molar refractivity (Wildman–Crippen MR) is 142 cm³/mol. The summed E-state index contributed by atoms with van der Waals surface area (Å²) in [6.45, 7) is 1.84. The maximum absolute atomic E-state index is 13.1. The number of alkyl halides is 3. The minimum absolute atomic E-state index is 0.0289. The molecule has 0 bridgehead atoms. The molecule has 226 valence electrons. The predicted octanol–water partition coefficient (Wildman–Crippen LogP) is 1.68. The quantitative estimate of drug-likeness (QED) is 0.227. The molecule has 18 heteroatoms. The summed E-state index contributed by atoms with van der Waals surface area (Å²) in [5.74, 6) is -1.93. The van der Waals surface area contributed by atoms with Crippen LogP contribution < -0.4 is 16.6 Å². The molecule has 0 unspecified atom stereocenters. The Labute approximate surface area is 233 Å². The number of hydrogen-bond donors (Lipinski definition) is 5. The van der Waals surface area contributed by atoms with Crippen molar-refractivity contribution in [1.82, 2.24) is 9.78 Å². The van der Waals surface area contributed by atoms with Gasteiger partial charge in [0.1, 0.15) is 0 Å². The van der Waals surface area contributed by atoms with Crippen LogP contribution in [0.25, 0.3) is 16.9 Å². The number of nitrogens with zero attached hydrogens (tertiary/aromatic N) is 2. The van der Waals surface area contributed by atoms with Crippen LogP contribution in [0.5, 0.6) is 0 Å². The van der Waals surface area contributed by atoms with Gasteiger partial charge >= 0.3 is 12.1 Å². The highest BCUT2D eigenvalue weighted by Crippen LogP contribution is 2.33. The molecule has 8 N–H and O–H groups in total. The lowest BCUT2D eigenvalue weighted by Gasteiger charge is -2.09. The number of carbonyl (C=O) groups excluding carboxylic acids is 1. The lowest BCUT2D eigenvalue weighted by molar-refractivity contribution is -0.141. The number of aliphatic carboxylic acids is 1. The van der Waals surface area contributed by atoms with E-state index in [1.54, 1.807) is 24.3 Å². The van der Waals surface area contributed by atoms with Crippen molar-refractivity contribution in [3.63, 3.8) is 0 Å². The third-order valence-electron chi connectivity index (χ3n) is 4.72. The molecule has 0 saturated carbocycles. The van der Waals surface area contributed by atoms with Crippen LogP contribution in [0.15, 0.2) is 59.5 Å². The maximum atomic E-state index is 13.1. The second kappa shape index (κ2) is 14.7. The molecule has 1 amide bonds. The number of primary sulfonamides is 1. The Morgan fingerprint density at radius 3 is 1.85 bits per heavy atom. The van der Waals surface area contributed by atoms with Crippen molar-refractivity contribution in [2.75, 3.05) is 12.3 Å². The van der Waals surface area contributed by atoms with Gasteiger partial charge in [0.15, 0.2) is 5.69 Å². The van der Waals surface area contributed by atoms with Gasteiger partial charge in [-0.05, 0) is 37.3 Å². The van der Waals surface area contributed by atoms with Gasteiger partial charge in [0.2, 0.25) is 15.9 Å². The normalized spacial score (nSPS) is 11.5. The number of carbonyl (C=O) groups is 2. The van der Waals surface area contributed by atoms with E-state index in [-0.39, 0.29) is 41.4 Å². The average Bonchev–Trinajstić information content (AvgIpc) is 3.29. The Hall–Kier alpha value is -3.84. The van der Waals surface area contributed by atoms with Crippen LogP contribution in [0.1, 0.15) is 24.1 Å². The molecule has 0 saturated heterocycles. The molecule has 1 aromatic heterocycles. The molecule has 1 heterocycles. The fourth-order valence-electron chi connectivity index (χ4n) is 2.80. The van der Waals surface area contributed by atoms with E-state index in [2.05, 4.69) is 10.8 Å². The van der Waals surface area contributed by atoms with E-state index in [1.807, 2.05) is 6.92 Å². The van der Waals surface area contributed by atoms with Gasteiger partial charge in [-0.25, -0.2) is 18.2 Å². The number of hydrogen-bond acceptors (Lipinski definition) is 8. The third kappa shape index (κ3) is 12.9. The van der Waals surface area contributed by atoms with Gasteiger partial charge in [0, 0.05) is 18.5 Å². The Morgan fingerprint density at radius 2 is 1.51 bits per heavy atom. The highest BCUT2D eigenvalue weighted by molar-refractivity contribution is 7.89. The van der Waals surface area contributed by atoms with Crippen LogP contribution >= 0.6 is 0 Å². The summed E-state index contributed by atoms with van der Waals surface area (Å²) in [4.78, 5) is 19.4. The molecule has 3 rings (SSSR count). The topological polar surface area (TPSA) is 239 Å². The number of aromatic nitrogens is 2. The fourth-order valence-corrected chi connectivity index (χ4v) is 3.62. The second-order valence-electron chi connectivity index (χ2n) is 8.16. The van der Waals surface area contributed by atoms with E-state index >= 15 is 0 Å². The zero-order valence-corrected chi connectivity index (χ0v) is 23.1. The third-order valence-corrected chi connectivity index (χ3v) is 6.40. The molecule has 0 atom stereocenters. The number of nitrogens with two attached hydrogens (primary N) is 3. The van der Waals surface area contributed by atoms with Gasteiger partial charge in [-0.3, -0.25) is 14.1 Å². The number of aryl methyl sites for hydroxylation is 1. The first-order valence-electron chi connectivity index (χ1n) is 11.3. The van der Waals surface area contributed by atoms with Crippen molar-refractivity contribution in [2.24, 2.45) is 16.6 Å². The van der Waals surface area contributed by atoms with Gasteiger partial charge < -0.3 is 16.6 Å². The molecule has 41 heavy (non-hydrogen) atoms. The first kappa shape index (κ1) is 35.2. The molecule has 2 aromatic carbocycles. The maximum Gasteiger partial charge on any atom is 0.435 e. The molecule has 0 radical (unpaired) electrons. The van der Waals surface area contributed by atoms with Crippen molar-refractivity contribution < 1.29 is 49.3 Å². The smallest absolute Gasteiger partial charge is 0.435 e. The number of benzene rings is 2. The van der Waals surface area contributed by atoms with Crippen molar-refractivity contribution >= 4 is 32.0 Å². The summed E-state index contributed by atoms with van der Waals surface area (Å²) in [5.41, 5.74) is 10.4. The second-order valence-corrected chi connectivity index (χ2v) is 11.3. The zero-order valence-electron chi connectivity index (χ0n) is 21.4. The summed E-state index contributed by atoms with van der Waals surface area (Å²) in [5, 5.41) is 16.7. The molecule has 13 nitrogen and oxygen atoms in total. The van der Waals surface area contributed by atoms with E-state index in [0.29, 0.717) is 5.56 Å². The van der Waals surface area contributed by atoms with Crippen LogP contribution in [0, 0.1) is 6.92 Å². The summed E-state index contributed by atoms with van der Waals surface area (Å²) >= 11 is 0. The Balaban J connectivity index is 0.000000462. The highest BCUT2D eigenvalue weighted by atomic mass is 32.2. The van der Waals surface area contributed by atoms with Crippen LogP contribution in [0.3, 0.4) is 0 Å². The summed E-state index contributed by atoms with van der Waals surface area (Å²) in [7, 11) is -7.70. The molecule has 0 spiro atoms. The lowest BCUT2D eigenvalue weighted by atomic mass is 10.1.